The third kappa shape index (κ3) is 4.69. The van der Waals surface area contributed by atoms with Gasteiger partial charge in [0.2, 0.25) is 10.0 Å². The van der Waals surface area contributed by atoms with E-state index in [-0.39, 0.29) is 16.4 Å². The second kappa shape index (κ2) is 7.16. The molecular weight excluding hydrogens is 409 g/mol. The van der Waals surface area contributed by atoms with E-state index >= 15 is 0 Å². The average molecular weight is 434 g/mol. The Morgan fingerprint density at radius 1 is 1.03 bits per heavy atom. The van der Waals surface area contributed by atoms with Crippen LogP contribution >= 0.6 is 0 Å². The molecule has 0 radical (unpaired) electrons. The van der Waals surface area contributed by atoms with Crippen LogP contribution in [0.3, 0.4) is 0 Å². The van der Waals surface area contributed by atoms with Gasteiger partial charge in [-0.2, -0.15) is 17.5 Å². The number of carbonyl (C=O) groups excluding carboxylic acids is 1. The second-order valence-electron chi connectivity index (χ2n) is 8.76. The molecule has 0 aromatic heterocycles. The lowest BCUT2D eigenvalue weighted by Crippen LogP contribution is -2.62. The van der Waals surface area contributed by atoms with Crippen molar-refractivity contribution >= 4 is 16.1 Å². The number of sulfonamides is 1. The van der Waals surface area contributed by atoms with Gasteiger partial charge in [-0.3, -0.25) is 0 Å². The van der Waals surface area contributed by atoms with E-state index in [0.29, 0.717) is 39.0 Å². The smallest absolute Gasteiger partial charge is 0.416 e. The summed E-state index contributed by atoms with van der Waals surface area (Å²) in [6, 6.07) is 3.55. The van der Waals surface area contributed by atoms with Crippen molar-refractivity contribution in [3.05, 3.63) is 29.8 Å². The van der Waals surface area contributed by atoms with Crippen LogP contribution < -0.4 is 0 Å². The summed E-state index contributed by atoms with van der Waals surface area (Å²) in [6.45, 7) is 6.98. The molecule has 2 aliphatic heterocycles. The molecule has 0 bridgehead atoms. The maximum atomic E-state index is 12.7. The maximum absolute atomic E-state index is 12.7. The third-order valence-electron chi connectivity index (χ3n) is 5.32. The largest absolute Gasteiger partial charge is 0.444 e. The molecule has 2 aliphatic rings. The van der Waals surface area contributed by atoms with Crippen molar-refractivity contribution in [1.29, 1.82) is 0 Å². The van der Waals surface area contributed by atoms with Crippen LogP contribution in [0.5, 0.6) is 0 Å². The summed E-state index contributed by atoms with van der Waals surface area (Å²) < 4.78 is 70.1. The Labute approximate surface area is 168 Å². The molecule has 0 saturated carbocycles. The Hall–Kier alpha value is -1.81. The molecule has 3 rings (SSSR count). The van der Waals surface area contributed by atoms with Crippen LogP contribution in [0.25, 0.3) is 0 Å². The van der Waals surface area contributed by atoms with Crippen molar-refractivity contribution in [1.82, 2.24) is 9.21 Å². The standard InChI is InChI=1S/C19H25F3N2O4S/c1-17(2,3)28-16(25)23-10-8-18(9-11-23)12-24(13-18)29(26,27)15-6-4-14(5-7-15)19(20,21)22/h4-7H,8-13H2,1-3H3. The van der Waals surface area contributed by atoms with Gasteiger partial charge in [0.05, 0.1) is 10.5 Å². The van der Waals surface area contributed by atoms with Gasteiger partial charge in [-0.1, -0.05) is 0 Å². The third-order valence-corrected chi connectivity index (χ3v) is 7.12. The van der Waals surface area contributed by atoms with Gasteiger partial charge < -0.3 is 9.64 Å². The summed E-state index contributed by atoms with van der Waals surface area (Å²) in [4.78, 5) is 13.6. The molecule has 1 spiro atoms. The van der Waals surface area contributed by atoms with Crippen LogP contribution in [0.4, 0.5) is 18.0 Å². The van der Waals surface area contributed by atoms with Crippen molar-refractivity contribution < 1.29 is 31.1 Å². The van der Waals surface area contributed by atoms with Crippen LogP contribution in [0.15, 0.2) is 29.2 Å². The highest BCUT2D eigenvalue weighted by atomic mass is 32.2. The lowest BCUT2D eigenvalue weighted by molar-refractivity contribution is -0.137. The minimum atomic E-state index is -4.51. The van der Waals surface area contributed by atoms with Crippen LogP contribution in [0.1, 0.15) is 39.2 Å². The molecule has 0 N–H and O–H groups in total. The van der Waals surface area contributed by atoms with Crippen molar-refractivity contribution in [3.8, 4) is 0 Å². The summed E-state index contributed by atoms with van der Waals surface area (Å²) in [7, 11) is -3.83. The Bertz CT molecular complexity index is 860. The molecule has 6 nitrogen and oxygen atoms in total. The Kier molecular flexibility index (Phi) is 5.40. The van der Waals surface area contributed by atoms with Crippen molar-refractivity contribution in [3.63, 3.8) is 0 Å². The Morgan fingerprint density at radius 3 is 2.00 bits per heavy atom. The molecule has 0 aliphatic carbocycles. The van der Waals surface area contributed by atoms with E-state index in [4.69, 9.17) is 4.74 Å². The van der Waals surface area contributed by atoms with Gasteiger partial charge in [0.1, 0.15) is 5.60 Å². The van der Waals surface area contributed by atoms with Gasteiger partial charge in [-0.05, 0) is 57.9 Å². The van der Waals surface area contributed by atoms with Crippen LogP contribution in [0, 0.1) is 5.41 Å². The molecule has 1 aromatic carbocycles. The molecule has 10 heteroatoms. The normalized spacial score (nSPS) is 20.4. The zero-order valence-electron chi connectivity index (χ0n) is 16.6. The zero-order valence-corrected chi connectivity index (χ0v) is 17.4. The first-order valence-electron chi connectivity index (χ1n) is 9.37. The highest BCUT2D eigenvalue weighted by Crippen LogP contribution is 2.43. The number of carbonyl (C=O) groups is 1. The Balaban J connectivity index is 1.59. The number of rotatable bonds is 2. The van der Waals surface area contributed by atoms with E-state index in [9.17, 15) is 26.4 Å². The number of alkyl halides is 3. The van der Waals surface area contributed by atoms with E-state index < -0.39 is 27.4 Å². The predicted octanol–water partition coefficient (Wildman–Crippen LogP) is 3.73. The van der Waals surface area contributed by atoms with E-state index in [2.05, 4.69) is 0 Å². The van der Waals surface area contributed by atoms with Crippen LogP contribution in [-0.4, -0.2) is 55.5 Å². The number of benzene rings is 1. The maximum Gasteiger partial charge on any atom is 0.416 e. The first kappa shape index (κ1) is 21.9. The molecule has 2 heterocycles. The molecule has 0 unspecified atom stereocenters. The van der Waals surface area contributed by atoms with Gasteiger partial charge in [-0.15, -0.1) is 0 Å². The highest BCUT2D eigenvalue weighted by molar-refractivity contribution is 7.89. The Morgan fingerprint density at radius 2 is 1.55 bits per heavy atom. The number of piperidine rings is 1. The SMILES string of the molecule is CC(C)(C)OC(=O)N1CCC2(CC1)CN(S(=O)(=O)c1ccc(C(F)(F)F)cc1)C2. The van der Waals surface area contributed by atoms with Crippen molar-refractivity contribution in [2.24, 2.45) is 5.41 Å². The number of halogens is 3. The van der Waals surface area contributed by atoms with Gasteiger partial charge in [-0.25, -0.2) is 13.2 Å². The lowest BCUT2D eigenvalue weighted by Gasteiger charge is -2.52. The fourth-order valence-electron chi connectivity index (χ4n) is 3.64. The molecule has 1 amide bonds. The van der Waals surface area contributed by atoms with E-state index in [1.807, 2.05) is 0 Å². The van der Waals surface area contributed by atoms with E-state index in [1.54, 1.807) is 25.7 Å². The summed E-state index contributed by atoms with van der Waals surface area (Å²) in [6.07, 6.45) is -3.57. The topological polar surface area (TPSA) is 66.9 Å². The summed E-state index contributed by atoms with van der Waals surface area (Å²) >= 11 is 0. The summed E-state index contributed by atoms with van der Waals surface area (Å²) in [5.74, 6) is 0. The first-order valence-corrected chi connectivity index (χ1v) is 10.8. The van der Waals surface area contributed by atoms with Crippen LogP contribution in [-0.2, 0) is 20.9 Å². The van der Waals surface area contributed by atoms with Crippen molar-refractivity contribution in [2.45, 2.75) is 50.3 Å². The summed E-state index contributed by atoms with van der Waals surface area (Å²) in [5.41, 5.74) is -1.65. The molecule has 2 saturated heterocycles. The number of hydrogen-bond acceptors (Lipinski definition) is 4. The molecule has 0 atom stereocenters. The van der Waals surface area contributed by atoms with Crippen LogP contribution in [0.2, 0.25) is 0 Å². The lowest BCUT2D eigenvalue weighted by atomic mass is 9.73. The second-order valence-corrected chi connectivity index (χ2v) is 10.7. The predicted molar refractivity (Wildman–Crippen MR) is 99.7 cm³/mol. The van der Waals surface area contributed by atoms with Gasteiger partial charge >= 0.3 is 12.3 Å². The quantitative estimate of drug-likeness (QED) is 0.712. The first-order chi connectivity index (χ1) is 13.2. The van der Waals surface area contributed by atoms with Gasteiger partial charge in [0.15, 0.2) is 0 Å². The van der Waals surface area contributed by atoms with E-state index in [0.717, 1.165) is 24.3 Å². The van der Waals surface area contributed by atoms with Crippen molar-refractivity contribution in [2.75, 3.05) is 26.2 Å². The fraction of sp³-hybridized carbons (Fsp3) is 0.632. The number of likely N-dealkylation sites (tertiary alicyclic amines) is 1. The van der Waals surface area contributed by atoms with Gasteiger partial charge in [0, 0.05) is 31.6 Å². The minimum Gasteiger partial charge on any atom is -0.444 e. The summed E-state index contributed by atoms with van der Waals surface area (Å²) in [5, 5.41) is 0. The van der Waals surface area contributed by atoms with E-state index in [1.165, 1.54) is 4.31 Å². The zero-order chi connectivity index (χ0) is 21.7. The number of amides is 1. The minimum absolute atomic E-state index is 0.147. The molecule has 1 aromatic rings. The average Bonchev–Trinajstić information content (AvgIpc) is 2.57. The number of hydrogen-bond donors (Lipinski definition) is 0. The monoisotopic (exact) mass is 434 g/mol. The molecule has 29 heavy (non-hydrogen) atoms. The number of ether oxygens (including phenoxy) is 1. The molecule has 2 fully saturated rings. The molecule has 162 valence electrons. The number of nitrogens with zero attached hydrogens (tertiary/aromatic N) is 2. The van der Waals surface area contributed by atoms with Gasteiger partial charge in [0.25, 0.3) is 0 Å². The molecular formula is C19H25F3N2O4S. The highest BCUT2D eigenvalue weighted by Gasteiger charge is 2.50. The fourth-order valence-corrected chi connectivity index (χ4v) is 5.31.